The summed E-state index contributed by atoms with van der Waals surface area (Å²) in [5, 5.41) is 3.01. The van der Waals surface area contributed by atoms with E-state index in [9.17, 15) is 48.3 Å². The van der Waals surface area contributed by atoms with Crippen molar-refractivity contribution < 1.29 is 48.3 Å². The van der Waals surface area contributed by atoms with Gasteiger partial charge >= 0.3 is 18.0 Å². The standard InChI is InChI=1S/C27H28F8N2O3S2/c1-36-16-23(11-14-41-15-12-23)22(38)37-13-10-24(17-37,42(39,40)21-8-6-20(28)7-9-21)18-2-4-19(5-3-18)25(29,26(30,31)32)27(33,34)35/h2-9,36H,10-17H2,1H3/t24-/m0/s1. The Morgan fingerprint density at radius 2 is 1.45 bits per heavy atom. The first kappa shape index (κ1) is 32.5. The van der Waals surface area contributed by atoms with E-state index in [0.717, 1.165) is 36.4 Å². The van der Waals surface area contributed by atoms with Crippen LogP contribution in [0.3, 0.4) is 0 Å². The number of thioether (sulfide) groups is 1. The average molecular weight is 645 g/mol. The summed E-state index contributed by atoms with van der Waals surface area (Å²) in [4.78, 5) is 14.9. The largest absolute Gasteiger partial charge is 0.435 e. The maximum atomic E-state index is 14.7. The van der Waals surface area contributed by atoms with Gasteiger partial charge in [0.2, 0.25) is 5.91 Å². The van der Waals surface area contributed by atoms with E-state index in [1.807, 2.05) is 0 Å². The van der Waals surface area contributed by atoms with Crippen LogP contribution in [0.1, 0.15) is 30.4 Å². The number of nitrogens with zero attached hydrogens (tertiary/aromatic N) is 1. The zero-order chi connectivity index (χ0) is 31.2. The summed E-state index contributed by atoms with van der Waals surface area (Å²) >= 11 is 1.67. The molecule has 2 aliphatic rings. The molecule has 2 aromatic carbocycles. The Bertz CT molecular complexity index is 1370. The number of hydrogen-bond donors (Lipinski definition) is 1. The Kier molecular flexibility index (Phi) is 8.73. The zero-order valence-corrected chi connectivity index (χ0v) is 23.9. The van der Waals surface area contributed by atoms with Crippen LogP contribution >= 0.6 is 11.8 Å². The van der Waals surface area contributed by atoms with Gasteiger partial charge in [-0.15, -0.1) is 0 Å². The fourth-order valence-electron chi connectivity index (χ4n) is 5.80. The number of alkyl halides is 7. The number of rotatable bonds is 7. The van der Waals surface area contributed by atoms with Crippen molar-refractivity contribution >= 4 is 27.5 Å². The molecule has 0 radical (unpaired) electrons. The predicted octanol–water partition coefficient (Wildman–Crippen LogP) is 5.75. The highest BCUT2D eigenvalue weighted by atomic mass is 32.2. The Labute approximate surface area is 241 Å². The minimum Gasteiger partial charge on any atom is -0.340 e. The molecule has 0 unspecified atom stereocenters. The third-order valence-corrected chi connectivity index (χ3v) is 11.6. The van der Waals surface area contributed by atoms with Gasteiger partial charge in [0.1, 0.15) is 10.6 Å². The second-order valence-electron chi connectivity index (χ2n) is 10.6. The van der Waals surface area contributed by atoms with E-state index >= 15 is 0 Å². The van der Waals surface area contributed by atoms with Crippen molar-refractivity contribution in [1.29, 1.82) is 0 Å². The van der Waals surface area contributed by atoms with Gasteiger partial charge in [0.05, 0.1) is 10.3 Å². The molecule has 42 heavy (non-hydrogen) atoms. The van der Waals surface area contributed by atoms with E-state index < -0.39 is 55.9 Å². The fourth-order valence-corrected chi connectivity index (χ4v) is 9.15. The van der Waals surface area contributed by atoms with E-state index in [1.54, 1.807) is 18.8 Å². The molecule has 1 amide bonds. The van der Waals surface area contributed by atoms with Crippen LogP contribution in [0, 0.1) is 11.2 Å². The van der Waals surface area contributed by atoms with Crippen molar-refractivity contribution in [2.75, 3.05) is 38.2 Å². The molecule has 15 heteroatoms. The smallest absolute Gasteiger partial charge is 0.340 e. The van der Waals surface area contributed by atoms with Gasteiger partial charge in [0, 0.05) is 25.2 Å². The van der Waals surface area contributed by atoms with Gasteiger partial charge in [-0.3, -0.25) is 4.79 Å². The van der Waals surface area contributed by atoms with Gasteiger partial charge in [-0.1, -0.05) is 24.3 Å². The van der Waals surface area contributed by atoms with Crippen molar-refractivity contribution in [3.63, 3.8) is 0 Å². The molecule has 0 aliphatic carbocycles. The first-order chi connectivity index (χ1) is 19.5. The van der Waals surface area contributed by atoms with E-state index in [1.165, 1.54) is 4.90 Å². The molecular weight excluding hydrogens is 616 g/mol. The molecule has 1 N–H and O–H groups in total. The number of benzene rings is 2. The lowest BCUT2D eigenvalue weighted by atomic mass is 9.80. The van der Waals surface area contributed by atoms with Crippen LogP contribution in [0.5, 0.6) is 0 Å². The van der Waals surface area contributed by atoms with Crippen molar-refractivity contribution in [1.82, 2.24) is 10.2 Å². The Balaban J connectivity index is 1.82. The molecule has 0 saturated carbocycles. The molecule has 2 aromatic rings. The summed E-state index contributed by atoms with van der Waals surface area (Å²) in [6, 6.07) is 5.75. The number of halogens is 8. The summed E-state index contributed by atoms with van der Waals surface area (Å²) < 4.78 is 135. The number of likely N-dealkylation sites (tertiary alicyclic amines) is 1. The van der Waals surface area contributed by atoms with Crippen LogP contribution in [0.4, 0.5) is 35.1 Å². The summed E-state index contributed by atoms with van der Waals surface area (Å²) in [5.74, 6) is 0.344. The Morgan fingerprint density at radius 3 is 1.95 bits per heavy atom. The van der Waals surface area contributed by atoms with Crippen molar-refractivity contribution in [3.8, 4) is 0 Å². The van der Waals surface area contributed by atoms with E-state index in [4.69, 9.17) is 0 Å². The van der Waals surface area contributed by atoms with Gasteiger partial charge in [-0.05, 0) is 67.6 Å². The molecule has 5 nitrogen and oxygen atoms in total. The third kappa shape index (κ3) is 5.29. The Morgan fingerprint density at radius 1 is 0.905 bits per heavy atom. The molecule has 2 saturated heterocycles. The van der Waals surface area contributed by atoms with Gasteiger partial charge in [-0.2, -0.15) is 38.1 Å². The van der Waals surface area contributed by atoms with E-state index in [2.05, 4.69) is 5.32 Å². The minimum atomic E-state index is -6.35. The maximum Gasteiger partial charge on any atom is 0.435 e. The monoisotopic (exact) mass is 644 g/mol. The van der Waals surface area contributed by atoms with Crippen LogP contribution in [0.15, 0.2) is 53.4 Å². The lowest BCUT2D eigenvalue weighted by molar-refractivity contribution is -0.348. The first-order valence-corrected chi connectivity index (χ1v) is 15.5. The summed E-state index contributed by atoms with van der Waals surface area (Å²) in [6.45, 7) is -0.205. The zero-order valence-electron chi connectivity index (χ0n) is 22.3. The number of nitrogens with one attached hydrogen (secondary N) is 1. The summed E-state index contributed by atoms with van der Waals surface area (Å²) in [7, 11) is -2.84. The Hall–Kier alpha value is -2.39. The third-order valence-electron chi connectivity index (χ3n) is 8.17. The van der Waals surface area contributed by atoms with Gasteiger partial charge in [-0.25, -0.2) is 17.2 Å². The fraction of sp³-hybridized carbons (Fsp3) is 0.519. The number of carbonyl (C=O) groups is 1. The number of sulfone groups is 1. The minimum absolute atomic E-state index is 0.0717. The lowest BCUT2D eigenvalue weighted by Gasteiger charge is -2.39. The topological polar surface area (TPSA) is 66.5 Å². The van der Waals surface area contributed by atoms with Crippen molar-refractivity contribution in [3.05, 3.63) is 65.5 Å². The highest BCUT2D eigenvalue weighted by Gasteiger charge is 2.73. The molecule has 4 rings (SSSR count). The molecule has 0 aromatic heterocycles. The first-order valence-electron chi connectivity index (χ1n) is 12.9. The van der Waals surface area contributed by atoms with E-state index in [-0.39, 0.29) is 41.5 Å². The maximum absolute atomic E-state index is 14.7. The average Bonchev–Trinajstić information content (AvgIpc) is 3.39. The molecule has 2 fully saturated rings. The second-order valence-corrected chi connectivity index (χ2v) is 14.1. The van der Waals surface area contributed by atoms with Gasteiger partial charge in [0.25, 0.3) is 0 Å². The molecule has 1 atom stereocenters. The van der Waals surface area contributed by atoms with Crippen LogP contribution < -0.4 is 5.32 Å². The normalized spacial score (nSPS) is 21.9. The lowest BCUT2D eigenvalue weighted by Crippen LogP contribution is -2.51. The highest BCUT2D eigenvalue weighted by molar-refractivity contribution is 7.99. The second kappa shape index (κ2) is 11.3. The van der Waals surface area contributed by atoms with Gasteiger partial charge in [0.15, 0.2) is 9.84 Å². The summed E-state index contributed by atoms with van der Waals surface area (Å²) in [6.07, 6.45) is -11.9. The highest BCUT2D eigenvalue weighted by Crippen LogP contribution is 2.54. The number of amides is 1. The van der Waals surface area contributed by atoms with E-state index in [0.29, 0.717) is 30.9 Å². The summed E-state index contributed by atoms with van der Waals surface area (Å²) in [5.41, 5.74) is -8.51. The molecule has 2 aliphatic heterocycles. The van der Waals surface area contributed by atoms with Crippen LogP contribution in [-0.2, 0) is 25.0 Å². The van der Waals surface area contributed by atoms with Crippen molar-refractivity contribution in [2.45, 2.75) is 46.9 Å². The molecule has 0 spiro atoms. The number of hydrogen-bond acceptors (Lipinski definition) is 5. The number of carbonyl (C=O) groups excluding carboxylic acids is 1. The molecule has 0 bridgehead atoms. The molecule has 232 valence electrons. The van der Waals surface area contributed by atoms with Gasteiger partial charge < -0.3 is 10.2 Å². The van der Waals surface area contributed by atoms with Crippen LogP contribution in [0.2, 0.25) is 0 Å². The van der Waals surface area contributed by atoms with Crippen molar-refractivity contribution in [2.24, 2.45) is 5.41 Å². The molecular formula is C27H28F8N2O3S2. The quantitative estimate of drug-likeness (QED) is 0.307. The van der Waals surface area contributed by atoms with Crippen LogP contribution in [-0.4, -0.2) is 69.8 Å². The SMILES string of the molecule is CNCC1(C(=O)N2CC[C@](c3ccc(C(F)(C(F)(F)F)C(F)(F)F)cc3)(S(=O)(=O)c3ccc(F)cc3)C2)CCSCC1. The molecule has 2 heterocycles. The van der Waals surface area contributed by atoms with Crippen LogP contribution in [0.25, 0.3) is 0 Å². The predicted molar refractivity (Wildman–Crippen MR) is 141 cm³/mol.